The minimum Gasteiger partial charge on any atom is -0.480 e. The Bertz CT molecular complexity index is 452. The Labute approximate surface area is 143 Å². The van der Waals surface area contributed by atoms with Gasteiger partial charge in [0.15, 0.2) is 0 Å². The van der Waals surface area contributed by atoms with Gasteiger partial charge < -0.3 is 15.2 Å². The summed E-state index contributed by atoms with van der Waals surface area (Å²) in [4.78, 5) is 35.3. The number of amides is 1. The van der Waals surface area contributed by atoms with Crippen LogP contribution in [-0.2, 0) is 19.1 Å². The highest BCUT2D eigenvalue weighted by atomic mass is 16.6. The van der Waals surface area contributed by atoms with Crippen LogP contribution in [0.4, 0.5) is 0 Å². The Morgan fingerprint density at radius 1 is 1.17 bits per heavy atom. The molecule has 0 heterocycles. The maximum Gasteiger partial charge on any atom is 0.326 e. The van der Waals surface area contributed by atoms with Crippen molar-refractivity contribution in [3.8, 4) is 0 Å². The number of nitrogens with one attached hydrogen (secondary N) is 2. The van der Waals surface area contributed by atoms with Crippen molar-refractivity contribution in [1.29, 1.82) is 0 Å². The quantitative estimate of drug-likeness (QED) is 0.605. The maximum absolute atomic E-state index is 12.2. The smallest absolute Gasteiger partial charge is 0.326 e. The Morgan fingerprint density at radius 2 is 1.75 bits per heavy atom. The van der Waals surface area contributed by atoms with Gasteiger partial charge in [-0.05, 0) is 46.5 Å². The van der Waals surface area contributed by atoms with Gasteiger partial charge in [-0.25, -0.2) is 4.79 Å². The second kappa shape index (κ2) is 9.01. The lowest BCUT2D eigenvalue weighted by molar-refractivity contribution is -0.154. The Hall–Kier alpha value is -1.63. The minimum absolute atomic E-state index is 0.0294. The Morgan fingerprint density at radius 3 is 2.25 bits per heavy atom. The first-order valence-corrected chi connectivity index (χ1v) is 8.58. The molecule has 0 radical (unpaired) electrons. The first-order valence-electron chi connectivity index (χ1n) is 8.58. The summed E-state index contributed by atoms with van der Waals surface area (Å²) in [5, 5.41) is 14.8. The highest BCUT2D eigenvalue weighted by Gasteiger charge is 2.31. The third-order valence-corrected chi connectivity index (χ3v) is 4.05. The van der Waals surface area contributed by atoms with Crippen molar-refractivity contribution in [3.05, 3.63) is 0 Å². The molecule has 0 aromatic carbocycles. The zero-order chi connectivity index (χ0) is 18.3. The molecule has 0 aliphatic heterocycles. The molecule has 1 amide bonds. The van der Waals surface area contributed by atoms with Crippen molar-refractivity contribution < 1.29 is 24.2 Å². The number of carboxylic acids is 1. The van der Waals surface area contributed by atoms with Gasteiger partial charge in [0, 0.05) is 0 Å². The fraction of sp³-hybridized carbons (Fsp3) is 0.824. The zero-order valence-electron chi connectivity index (χ0n) is 15.1. The number of hydrogen-bond acceptors (Lipinski definition) is 5. The first-order chi connectivity index (χ1) is 11.1. The SMILES string of the molecule is CC(NCC(=O)OC(C)(C)C)C(=O)N[C@H](C(=O)O)C1CCCCC1. The topological polar surface area (TPSA) is 105 Å². The number of carboxylic acid groups (broad SMARTS) is 1. The number of carbonyl (C=O) groups excluding carboxylic acids is 2. The number of esters is 1. The fourth-order valence-corrected chi connectivity index (χ4v) is 2.83. The van der Waals surface area contributed by atoms with E-state index in [2.05, 4.69) is 10.6 Å². The largest absolute Gasteiger partial charge is 0.480 e. The fourth-order valence-electron chi connectivity index (χ4n) is 2.83. The summed E-state index contributed by atoms with van der Waals surface area (Å²) < 4.78 is 5.16. The van der Waals surface area contributed by atoms with E-state index in [0.717, 1.165) is 32.1 Å². The molecule has 138 valence electrons. The summed E-state index contributed by atoms with van der Waals surface area (Å²) in [6, 6.07) is -1.55. The van der Waals surface area contributed by atoms with Gasteiger partial charge in [0.05, 0.1) is 12.6 Å². The molecule has 7 heteroatoms. The second-order valence-corrected chi connectivity index (χ2v) is 7.41. The van der Waals surface area contributed by atoms with E-state index in [0.29, 0.717) is 0 Å². The van der Waals surface area contributed by atoms with Crippen LogP contribution in [0.3, 0.4) is 0 Å². The van der Waals surface area contributed by atoms with Gasteiger partial charge >= 0.3 is 11.9 Å². The van der Waals surface area contributed by atoms with Crippen LogP contribution in [0, 0.1) is 5.92 Å². The van der Waals surface area contributed by atoms with Crippen LogP contribution in [-0.4, -0.2) is 47.2 Å². The average Bonchev–Trinajstić information content (AvgIpc) is 2.48. The van der Waals surface area contributed by atoms with Crippen molar-refractivity contribution in [2.24, 2.45) is 5.92 Å². The molecule has 0 aromatic rings. The number of ether oxygens (including phenoxy) is 1. The number of hydrogen-bond donors (Lipinski definition) is 3. The van der Waals surface area contributed by atoms with Gasteiger partial charge in [-0.3, -0.25) is 14.9 Å². The molecule has 7 nitrogen and oxygen atoms in total. The van der Waals surface area contributed by atoms with E-state index in [1.165, 1.54) is 0 Å². The minimum atomic E-state index is -1.01. The summed E-state index contributed by atoms with van der Waals surface area (Å²) in [6.45, 7) is 6.79. The second-order valence-electron chi connectivity index (χ2n) is 7.41. The van der Waals surface area contributed by atoms with Crippen LogP contribution >= 0.6 is 0 Å². The van der Waals surface area contributed by atoms with Crippen LogP contribution in [0.5, 0.6) is 0 Å². The Kier molecular flexibility index (Phi) is 7.66. The van der Waals surface area contributed by atoms with E-state index < -0.39 is 35.5 Å². The van der Waals surface area contributed by atoms with E-state index in [1.54, 1.807) is 27.7 Å². The Balaban J connectivity index is 2.48. The van der Waals surface area contributed by atoms with E-state index in [1.807, 2.05) is 0 Å². The molecular formula is C17H30N2O5. The number of aliphatic carboxylic acids is 1. The normalized spacial score (nSPS) is 18.5. The summed E-state index contributed by atoms with van der Waals surface area (Å²) in [7, 11) is 0. The summed E-state index contributed by atoms with van der Waals surface area (Å²) >= 11 is 0. The van der Waals surface area contributed by atoms with Crippen molar-refractivity contribution in [2.45, 2.75) is 77.5 Å². The van der Waals surface area contributed by atoms with Gasteiger partial charge in [0.25, 0.3) is 0 Å². The van der Waals surface area contributed by atoms with Gasteiger partial charge in [-0.2, -0.15) is 0 Å². The van der Waals surface area contributed by atoms with Gasteiger partial charge in [-0.15, -0.1) is 0 Å². The molecular weight excluding hydrogens is 312 g/mol. The molecule has 0 aromatic heterocycles. The predicted molar refractivity (Wildman–Crippen MR) is 89.5 cm³/mol. The molecule has 24 heavy (non-hydrogen) atoms. The van der Waals surface area contributed by atoms with Crippen molar-refractivity contribution in [3.63, 3.8) is 0 Å². The summed E-state index contributed by atoms with van der Waals surface area (Å²) in [6.07, 6.45) is 4.74. The molecule has 1 unspecified atom stereocenters. The van der Waals surface area contributed by atoms with Crippen LogP contribution in [0.1, 0.15) is 59.8 Å². The number of rotatable bonds is 7. The standard InChI is InChI=1S/C17H30N2O5/c1-11(18-10-13(20)24-17(2,3)4)15(21)19-14(16(22)23)12-8-6-5-7-9-12/h11-12,14,18H,5-10H2,1-4H3,(H,19,21)(H,22,23)/t11?,14-/m0/s1. The molecule has 0 spiro atoms. The van der Waals surface area contributed by atoms with E-state index >= 15 is 0 Å². The van der Waals surface area contributed by atoms with E-state index in [-0.39, 0.29) is 12.5 Å². The van der Waals surface area contributed by atoms with Crippen molar-refractivity contribution >= 4 is 17.8 Å². The van der Waals surface area contributed by atoms with E-state index in [9.17, 15) is 19.5 Å². The van der Waals surface area contributed by atoms with Crippen molar-refractivity contribution in [2.75, 3.05) is 6.54 Å². The average molecular weight is 342 g/mol. The lowest BCUT2D eigenvalue weighted by Crippen LogP contribution is -2.53. The van der Waals surface area contributed by atoms with Crippen molar-refractivity contribution in [1.82, 2.24) is 10.6 Å². The van der Waals surface area contributed by atoms with Gasteiger partial charge in [0.1, 0.15) is 11.6 Å². The molecule has 1 aliphatic rings. The molecule has 0 saturated heterocycles. The first kappa shape index (κ1) is 20.4. The highest BCUT2D eigenvalue weighted by molar-refractivity contribution is 5.87. The molecule has 3 N–H and O–H groups in total. The van der Waals surface area contributed by atoms with E-state index in [4.69, 9.17) is 4.74 Å². The van der Waals surface area contributed by atoms with Gasteiger partial charge in [0.2, 0.25) is 5.91 Å². The van der Waals surface area contributed by atoms with Crippen LogP contribution in [0.2, 0.25) is 0 Å². The number of carbonyl (C=O) groups is 3. The molecule has 2 atom stereocenters. The zero-order valence-corrected chi connectivity index (χ0v) is 15.1. The monoisotopic (exact) mass is 342 g/mol. The lowest BCUT2D eigenvalue weighted by atomic mass is 9.84. The summed E-state index contributed by atoms with van der Waals surface area (Å²) in [5.41, 5.74) is -0.584. The molecule has 1 rings (SSSR count). The molecule has 1 fully saturated rings. The summed E-state index contributed by atoms with van der Waals surface area (Å²) in [5.74, 6) is -1.91. The third-order valence-electron chi connectivity index (χ3n) is 4.05. The van der Waals surface area contributed by atoms with Crippen LogP contribution in [0.25, 0.3) is 0 Å². The maximum atomic E-state index is 12.2. The third kappa shape index (κ3) is 7.29. The van der Waals surface area contributed by atoms with Gasteiger partial charge in [-0.1, -0.05) is 19.3 Å². The molecule has 1 aliphatic carbocycles. The van der Waals surface area contributed by atoms with Crippen LogP contribution in [0.15, 0.2) is 0 Å². The highest BCUT2D eigenvalue weighted by Crippen LogP contribution is 2.26. The lowest BCUT2D eigenvalue weighted by Gasteiger charge is -2.29. The molecule has 1 saturated carbocycles. The predicted octanol–water partition coefficient (Wildman–Crippen LogP) is 1.46. The van der Waals surface area contributed by atoms with Crippen LogP contribution < -0.4 is 10.6 Å². The molecule has 0 bridgehead atoms.